The number of hydrogen-bond donors (Lipinski definition) is 3. The van der Waals surface area contributed by atoms with Crippen LogP contribution in [-0.4, -0.2) is 62.3 Å². The quantitative estimate of drug-likeness (QED) is 0.381. The highest BCUT2D eigenvalue weighted by molar-refractivity contribution is 5.97. The molecule has 12 heteroatoms. The van der Waals surface area contributed by atoms with Gasteiger partial charge in [0.15, 0.2) is 17.2 Å². The number of carbonyl (C=O) groups is 2. The number of amides is 2. The van der Waals surface area contributed by atoms with Gasteiger partial charge in [0.25, 0.3) is 5.91 Å². The van der Waals surface area contributed by atoms with Crippen LogP contribution in [0.15, 0.2) is 48.8 Å². The predicted octanol–water partition coefficient (Wildman–Crippen LogP) is 3.87. The largest absolute Gasteiger partial charge is 0.444 e. The van der Waals surface area contributed by atoms with Crippen LogP contribution in [0.2, 0.25) is 0 Å². The molecule has 1 aliphatic heterocycles. The number of carbonyl (C=O) groups excluding carboxylic acids is 2. The summed E-state index contributed by atoms with van der Waals surface area (Å²) in [4.78, 5) is 35.4. The molecule has 2 amide bonds. The number of piperidine rings is 1. The molecule has 208 valence electrons. The van der Waals surface area contributed by atoms with Crippen molar-refractivity contribution in [3.8, 4) is 6.07 Å². The molecule has 1 aromatic carbocycles. The van der Waals surface area contributed by atoms with Crippen molar-refractivity contribution in [3.63, 3.8) is 0 Å². The molecule has 1 fully saturated rings. The first-order chi connectivity index (χ1) is 19.2. The van der Waals surface area contributed by atoms with Crippen LogP contribution >= 0.6 is 0 Å². The van der Waals surface area contributed by atoms with E-state index in [1.54, 1.807) is 11.0 Å². The van der Waals surface area contributed by atoms with Gasteiger partial charge in [-0.15, -0.1) is 10.2 Å². The topological polar surface area (TPSA) is 158 Å². The molecule has 40 heavy (non-hydrogen) atoms. The van der Waals surface area contributed by atoms with Gasteiger partial charge in [-0.2, -0.15) is 5.26 Å². The Hall–Kier alpha value is -4.79. The number of hydrogen-bond acceptors (Lipinski definition) is 10. The smallest absolute Gasteiger partial charge is 0.410 e. The maximum absolute atomic E-state index is 13.1. The molecule has 1 aliphatic rings. The molecule has 1 saturated heterocycles. The lowest BCUT2D eigenvalue weighted by atomic mass is 9.97. The molecule has 12 nitrogen and oxygen atoms in total. The molecular formula is C28H33N9O3. The molecule has 0 bridgehead atoms. The summed E-state index contributed by atoms with van der Waals surface area (Å²) in [5.74, 6) is 0.673. The van der Waals surface area contributed by atoms with E-state index in [0.717, 1.165) is 18.4 Å². The third-order valence-corrected chi connectivity index (χ3v) is 6.17. The molecular weight excluding hydrogens is 510 g/mol. The van der Waals surface area contributed by atoms with Crippen molar-refractivity contribution in [2.24, 2.45) is 5.92 Å². The van der Waals surface area contributed by atoms with E-state index in [2.05, 4.69) is 36.1 Å². The van der Waals surface area contributed by atoms with Gasteiger partial charge >= 0.3 is 6.09 Å². The van der Waals surface area contributed by atoms with E-state index in [9.17, 15) is 9.59 Å². The second-order valence-electron chi connectivity index (χ2n) is 10.5. The number of anilines is 3. The SMILES string of the molecule is CC(C)(C)OC(=O)N1CCC(CNc2cc(Nc3cnc(C#N)cn3)nnc2C(=O)NCc2ccccc2)CC1. The molecule has 0 unspecified atom stereocenters. The molecule has 3 N–H and O–H groups in total. The molecule has 3 aromatic rings. The minimum atomic E-state index is -0.531. The molecule has 0 radical (unpaired) electrons. The van der Waals surface area contributed by atoms with Crippen molar-refractivity contribution < 1.29 is 14.3 Å². The van der Waals surface area contributed by atoms with E-state index >= 15 is 0 Å². The molecule has 4 rings (SSSR count). The Labute approximate surface area is 233 Å². The number of likely N-dealkylation sites (tertiary alicyclic amines) is 1. The van der Waals surface area contributed by atoms with Gasteiger partial charge in [-0.1, -0.05) is 30.3 Å². The lowest BCUT2D eigenvalue weighted by Crippen LogP contribution is -2.42. The van der Waals surface area contributed by atoms with Gasteiger partial charge in [-0.25, -0.2) is 14.8 Å². The average molecular weight is 544 g/mol. The van der Waals surface area contributed by atoms with Gasteiger partial charge in [0.2, 0.25) is 0 Å². The van der Waals surface area contributed by atoms with E-state index in [1.807, 2.05) is 57.2 Å². The number of ether oxygens (including phenoxy) is 1. The Kier molecular flexibility index (Phi) is 9.06. The lowest BCUT2D eigenvalue weighted by molar-refractivity contribution is 0.0188. The van der Waals surface area contributed by atoms with Crippen LogP contribution in [0.1, 0.15) is 55.4 Å². The Morgan fingerprint density at radius 1 is 1.07 bits per heavy atom. The number of benzene rings is 1. The van der Waals surface area contributed by atoms with Crippen LogP contribution < -0.4 is 16.0 Å². The van der Waals surface area contributed by atoms with E-state index < -0.39 is 5.60 Å². The number of nitriles is 1. The third-order valence-electron chi connectivity index (χ3n) is 6.17. The Bertz CT molecular complexity index is 1340. The third kappa shape index (κ3) is 8.10. The first kappa shape index (κ1) is 28.2. The summed E-state index contributed by atoms with van der Waals surface area (Å²) in [7, 11) is 0. The molecule has 0 saturated carbocycles. The fourth-order valence-electron chi connectivity index (χ4n) is 4.10. The lowest BCUT2D eigenvalue weighted by Gasteiger charge is -2.33. The molecule has 0 spiro atoms. The van der Waals surface area contributed by atoms with Crippen molar-refractivity contribution in [2.45, 2.75) is 45.8 Å². The Balaban J connectivity index is 1.43. The summed E-state index contributed by atoms with van der Waals surface area (Å²) in [5.41, 5.74) is 1.31. The average Bonchev–Trinajstić information content (AvgIpc) is 2.95. The molecule has 0 atom stereocenters. The highest BCUT2D eigenvalue weighted by atomic mass is 16.6. The maximum atomic E-state index is 13.1. The summed E-state index contributed by atoms with van der Waals surface area (Å²) in [5, 5.41) is 26.6. The van der Waals surface area contributed by atoms with E-state index in [-0.39, 0.29) is 29.3 Å². The van der Waals surface area contributed by atoms with Crippen LogP contribution in [0.5, 0.6) is 0 Å². The molecule has 3 heterocycles. The monoisotopic (exact) mass is 543 g/mol. The van der Waals surface area contributed by atoms with Crippen LogP contribution in [0.4, 0.5) is 22.1 Å². The second kappa shape index (κ2) is 12.8. The summed E-state index contributed by atoms with van der Waals surface area (Å²) in [6, 6.07) is 13.2. The summed E-state index contributed by atoms with van der Waals surface area (Å²) in [6.07, 6.45) is 4.07. The van der Waals surface area contributed by atoms with E-state index in [1.165, 1.54) is 12.4 Å². The highest BCUT2D eigenvalue weighted by Gasteiger charge is 2.27. The van der Waals surface area contributed by atoms with Crippen molar-refractivity contribution in [2.75, 3.05) is 30.3 Å². The Morgan fingerprint density at radius 2 is 1.82 bits per heavy atom. The standard InChI is InChI=1S/C28H33N9O3/c1-28(2,3)40-27(39)37-11-9-20(10-12-37)15-31-22-13-23(34-24-18-30-21(14-29)17-32-24)35-36-25(22)26(38)33-16-19-7-5-4-6-8-19/h4-8,13,17-18,20H,9-12,15-16H2,1-3H3,(H,33,38)(H2,31,32,34,35). The van der Waals surface area contributed by atoms with Crippen LogP contribution in [-0.2, 0) is 11.3 Å². The highest BCUT2D eigenvalue weighted by Crippen LogP contribution is 2.23. The second-order valence-corrected chi connectivity index (χ2v) is 10.5. The van der Waals surface area contributed by atoms with Gasteiger partial charge in [-0.3, -0.25) is 4.79 Å². The zero-order valence-electron chi connectivity index (χ0n) is 22.8. The van der Waals surface area contributed by atoms with Gasteiger partial charge in [-0.05, 0) is 45.1 Å². The number of nitrogens with zero attached hydrogens (tertiary/aromatic N) is 6. The normalized spacial score (nSPS) is 13.7. The zero-order chi connectivity index (χ0) is 28.5. The molecule has 2 aromatic heterocycles. The molecule has 0 aliphatic carbocycles. The van der Waals surface area contributed by atoms with Gasteiger partial charge in [0.1, 0.15) is 17.5 Å². The fourth-order valence-corrected chi connectivity index (χ4v) is 4.10. The minimum Gasteiger partial charge on any atom is -0.444 e. The summed E-state index contributed by atoms with van der Waals surface area (Å²) >= 11 is 0. The van der Waals surface area contributed by atoms with E-state index in [0.29, 0.717) is 43.5 Å². The Morgan fingerprint density at radius 3 is 2.48 bits per heavy atom. The number of aromatic nitrogens is 4. The van der Waals surface area contributed by atoms with Crippen LogP contribution in [0.25, 0.3) is 0 Å². The first-order valence-electron chi connectivity index (χ1n) is 13.1. The minimum absolute atomic E-state index is 0.165. The van der Waals surface area contributed by atoms with Crippen LogP contribution in [0.3, 0.4) is 0 Å². The number of rotatable bonds is 8. The zero-order valence-corrected chi connectivity index (χ0v) is 22.8. The van der Waals surface area contributed by atoms with Crippen molar-refractivity contribution in [1.82, 2.24) is 30.4 Å². The van der Waals surface area contributed by atoms with E-state index in [4.69, 9.17) is 10.00 Å². The fraction of sp³-hybridized carbons (Fsp3) is 0.393. The van der Waals surface area contributed by atoms with Crippen LogP contribution in [0, 0.1) is 17.2 Å². The van der Waals surface area contributed by atoms with Crippen molar-refractivity contribution in [3.05, 3.63) is 65.7 Å². The predicted molar refractivity (Wildman–Crippen MR) is 149 cm³/mol. The van der Waals surface area contributed by atoms with Gasteiger partial charge < -0.3 is 25.6 Å². The summed E-state index contributed by atoms with van der Waals surface area (Å²) in [6.45, 7) is 7.71. The first-order valence-corrected chi connectivity index (χ1v) is 13.1. The van der Waals surface area contributed by atoms with Gasteiger partial charge in [0.05, 0.1) is 18.1 Å². The van der Waals surface area contributed by atoms with Crippen molar-refractivity contribution in [1.29, 1.82) is 5.26 Å². The number of nitrogens with one attached hydrogen (secondary N) is 3. The van der Waals surface area contributed by atoms with Gasteiger partial charge in [0, 0.05) is 32.2 Å². The van der Waals surface area contributed by atoms with Crippen molar-refractivity contribution >= 4 is 29.3 Å². The maximum Gasteiger partial charge on any atom is 0.410 e. The summed E-state index contributed by atoms with van der Waals surface area (Å²) < 4.78 is 5.49.